The second kappa shape index (κ2) is 5.41. The Bertz CT molecular complexity index is 449. The molecule has 2 rings (SSSR count). The van der Waals surface area contributed by atoms with Crippen molar-refractivity contribution in [3.05, 3.63) is 34.3 Å². The van der Waals surface area contributed by atoms with Gasteiger partial charge in [0.2, 0.25) is 0 Å². The van der Waals surface area contributed by atoms with E-state index in [0.717, 1.165) is 11.0 Å². The van der Waals surface area contributed by atoms with E-state index < -0.39 is 5.97 Å². The summed E-state index contributed by atoms with van der Waals surface area (Å²) in [4.78, 5) is 13.4. The molecule has 18 heavy (non-hydrogen) atoms. The number of aliphatic carboxylic acids is 1. The van der Waals surface area contributed by atoms with E-state index in [2.05, 4.69) is 33.8 Å². The Labute approximate surface area is 116 Å². The van der Waals surface area contributed by atoms with Gasteiger partial charge in [-0.2, -0.15) is 0 Å². The predicted molar refractivity (Wildman–Crippen MR) is 74.4 cm³/mol. The SMILES string of the molecule is CC1CN(C(C)c2ccccc2Br)CC1C(=O)O. The minimum absolute atomic E-state index is 0.215. The number of halogens is 1. The summed E-state index contributed by atoms with van der Waals surface area (Å²) in [6, 6.07) is 8.37. The average molecular weight is 312 g/mol. The molecule has 1 saturated heterocycles. The molecule has 1 N–H and O–H groups in total. The lowest BCUT2D eigenvalue weighted by molar-refractivity contribution is -0.142. The molecule has 1 aromatic carbocycles. The monoisotopic (exact) mass is 311 g/mol. The fourth-order valence-electron chi connectivity index (χ4n) is 2.65. The molecule has 1 aliphatic rings. The van der Waals surface area contributed by atoms with Crippen LogP contribution in [0, 0.1) is 11.8 Å². The molecule has 1 fully saturated rings. The van der Waals surface area contributed by atoms with Crippen LogP contribution in [0.3, 0.4) is 0 Å². The zero-order valence-electron chi connectivity index (χ0n) is 10.6. The normalized spacial score (nSPS) is 26.2. The summed E-state index contributed by atoms with van der Waals surface area (Å²) in [6.07, 6.45) is 0. The molecule has 98 valence electrons. The van der Waals surface area contributed by atoms with Crippen molar-refractivity contribution in [2.45, 2.75) is 19.9 Å². The van der Waals surface area contributed by atoms with Gasteiger partial charge in [0.05, 0.1) is 5.92 Å². The number of hydrogen-bond acceptors (Lipinski definition) is 2. The molecule has 3 atom stereocenters. The van der Waals surface area contributed by atoms with Crippen LogP contribution in [-0.2, 0) is 4.79 Å². The number of nitrogens with zero attached hydrogens (tertiary/aromatic N) is 1. The fraction of sp³-hybridized carbons (Fsp3) is 0.500. The summed E-state index contributed by atoms with van der Waals surface area (Å²) in [6.45, 7) is 5.64. The van der Waals surface area contributed by atoms with E-state index in [1.54, 1.807) is 0 Å². The molecule has 1 aromatic rings. The Hall–Kier alpha value is -0.870. The zero-order chi connectivity index (χ0) is 13.3. The lowest BCUT2D eigenvalue weighted by atomic mass is 9.99. The van der Waals surface area contributed by atoms with Gasteiger partial charge in [0, 0.05) is 23.6 Å². The van der Waals surface area contributed by atoms with E-state index in [4.69, 9.17) is 0 Å². The Kier molecular flexibility index (Phi) is 4.07. The van der Waals surface area contributed by atoms with Gasteiger partial charge in [-0.25, -0.2) is 0 Å². The van der Waals surface area contributed by atoms with Crippen molar-refractivity contribution in [1.82, 2.24) is 4.90 Å². The molecule has 0 spiro atoms. The molecule has 0 bridgehead atoms. The molecule has 3 unspecified atom stereocenters. The molecule has 1 aliphatic heterocycles. The highest BCUT2D eigenvalue weighted by Crippen LogP contribution is 2.33. The third-order valence-electron chi connectivity index (χ3n) is 3.86. The summed E-state index contributed by atoms with van der Waals surface area (Å²) in [7, 11) is 0. The molecule has 0 aromatic heterocycles. The number of carboxylic acid groups (broad SMARTS) is 1. The van der Waals surface area contributed by atoms with Crippen molar-refractivity contribution in [2.75, 3.05) is 13.1 Å². The molecule has 1 heterocycles. The maximum Gasteiger partial charge on any atom is 0.308 e. The van der Waals surface area contributed by atoms with Crippen LogP contribution in [0.25, 0.3) is 0 Å². The van der Waals surface area contributed by atoms with Crippen LogP contribution in [0.15, 0.2) is 28.7 Å². The standard InChI is InChI=1S/C14H18BrNO2/c1-9-7-16(8-12(9)14(17)18)10(2)11-5-3-4-6-13(11)15/h3-6,9-10,12H,7-8H2,1-2H3,(H,17,18). The van der Waals surface area contributed by atoms with E-state index in [-0.39, 0.29) is 17.9 Å². The van der Waals surface area contributed by atoms with Crippen LogP contribution in [0.1, 0.15) is 25.5 Å². The van der Waals surface area contributed by atoms with Crippen molar-refractivity contribution >= 4 is 21.9 Å². The predicted octanol–water partition coefficient (Wildman–Crippen LogP) is 3.16. The van der Waals surface area contributed by atoms with E-state index >= 15 is 0 Å². The number of rotatable bonds is 3. The molecule has 0 radical (unpaired) electrons. The van der Waals surface area contributed by atoms with Crippen LogP contribution >= 0.6 is 15.9 Å². The highest BCUT2D eigenvalue weighted by molar-refractivity contribution is 9.10. The Morgan fingerprint density at radius 1 is 1.44 bits per heavy atom. The van der Waals surface area contributed by atoms with Crippen molar-refractivity contribution in [1.29, 1.82) is 0 Å². The molecule has 4 heteroatoms. The molecule has 0 amide bonds. The third-order valence-corrected chi connectivity index (χ3v) is 4.58. The van der Waals surface area contributed by atoms with Crippen molar-refractivity contribution < 1.29 is 9.90 Å². The van der Waals surface area contributed by atoms with E-state index in [1.165, 1.54) is 5.56 Å². The van der Waals surface area contributed by atoms with Gasteiger partial charge in [-0.15, -0.1) is 0 Å². The van der Waals surface area contributed by atoms with Gasteiger partial charge in [0.15, 0.2) is 0 Å². The Balaban J connectivity index is 2.14. The van der Waals surface area contributed by atoms with Crippen LogP contribution in [0.2, 0.25) is 0 Å². The number of carboxylic acids is 1. The summed E-state index contributed by atoms with van der Waals surface area (Å²) < 4.78 is 1.09. The number of carbonyl (C=O) groups is 1. The molecular formula is C14H18BrNO2. The number of benzene rings is 1. The second-order valence-electron chi connectivity index (χ2n) is 5.07. The van der Waals surface area contributed by atoms with Gasteiger partial charge in [-0.3, -0.25) is 9.69 Å². The smallest absolute Gasteiger partial charge is 0.308 e. The Morgan fingerprint density at radius 3 is 2.67 bits per heavy atom. The van der Waals surface area contributed by atoms with Gasteiger partial charge in [-0.05, 0) is 24.5 Å². The summed E-state index contributed by atoms with van der Waals surface area (Å²) in [5.74, 6) is -0.702. The van der Waals surface area contributed by atoms with Crippen LogP contribution < -0.4 is 0 Å². The second-order valence-corrected chi connectivity index (χ2v) is 5.93. The van der Waals surface area contributed by atoms with Crippen molar-refractivity contribution in [3.63, 3.8) is 0 Å². The number of likely N-dealkylation sites (tertiary alicyclic amines) is 1. The van der Waals surface area contributed by atoms with Gasteiger partial charge in [0.1, 0.15) is 0 Å². The summed E-state index contributed by atoms with van der Waals surface area (Å²) in [5, 5.41) is 9.17. The quantitative estimate of drug-likeness (QED) is 0.932. The maximum absolute atomic E-state index is 11.1. The van der Waals surface area contributed by atoms with E-state index in [9.17, 15) is 9.90 Å². The molecule has 0 saturated carbocycles. The Morgan fingerprint density at radius 2 is 2.11 bits per heavy atom. The molecular weight excluding hydrogens is 294 g/mol. The first kappa shape index (κ1) is 13.6. The van der Waals surface area contributed by atoms with Crippen molar-refractivity contribution in [2.24, 2.45) is 11.8 Å². The van der Waals surface area contributed by atoms with Gasteiger partial charge in [0.25, 0.3) is 0 Å². The fourth-order valence-corrected chi connectivity index (χ4v) is 3.27. The molecule has 0 aliphatic carbocycles. The van der Waals surface area contributed by atoms with Gasteiger partial charge in [-0.1, -0.05) is 41.1 Å². The highest BCUT2D eigenvalue weighted by atomic mass is 79.9. The van der Waals surface area contributed by atoms with Crippen LogP contribution in [0.5, 0.6) is 0 Å². The first-order valence-corrected chi connectivity index (χ1v) is 7.01. The summed E-state index contributed by atoms with van der Waals surface area (Å²) in [5.41, 5.74) is 1.22. The van der Waals surface area contributed by atoms with Gasteiger partial charge < -0.3 is 5.11 Å². The third kappa shape index (κ3) is 2.59. The molecule has 3 nitrogen and oxygen atoms in total. The van der Waals surface area contributed by atoms with Gasteiger partial charge >= 0.3 is 5.97 Å². The lowest BCUT2D eigenvalue weighted by Gasteiger charge is -2.25. The zero-order valence-corrected chi connectivity index (χ0v) is 12.2. The van der Waals surface area contributed by atoms with Crippen LogP contribution in [-0.4, -0.2) is 29.1 Å². The largest absolute Gasteiger partial charge is 0.481 e. The van der Waals surface area contributed by atoms with E-state index in [0.29, 0.717) is 6.54 Å². The average Bonchev–Trinajstić information content (AvgIpc) is 2.71. The maximum atomic E-state index is 11.1. The number of hydrogen-bond donors (Lipinski definition) is 1. The first-order chi connectivity index (χ1) is 8.50. The van der Waals surface area contributed by atoms with E-state index in [1.807, 2.05) is 25.1 Å². The van der Waals surface area contributed by atoms with Crippen molar-refractivity contribution in [3.8, 4) is 0 Å². The first-order valence-electron chi connectivity index (χ1n) is 6.22. The van der Waals surface area contributed by atoms with Crippen LogP contribution in [0.4, 0.5) is 0 Å². The highest BCUT2D eigenvalue weighted by Gasteiger charge is 2.37. The minimum Gasteiger partial charge on any atom is -0.481 e. The summed E-state index contributed by atoms with van der Waals surface area (Å²) >= 11 is 3.56. The topological polar surface area (TPSA) is 40.5 Å². The lowest BCUT2D eigenvalue weighted by Crippen LogP contribution is -2.26. The minimum atomic E-state index is -0.677.